The minimum absolute atomic E-state index is 0.205. The van der Waals surface area contributed by atoms with Crippen molar-refractivity contribution in [2.75, 3.05) is 5.75 Å². The fourth-order valence-corrected chi connectivity index (χ4v) is 2.07. The number of carbonyl (C=O) groups is 1. The number of thioether (sulfide) groups is 1. The van der Waals surface area contributed by atoms with Crippen molar-refractivity contribution in [1.29, 1.82) is 0 Å². The lowest BCUT2D eigenvalue weighted by Gasteiger charge is -2.06. The first-order valence-corrected chi connectivity index (χ1v) is 6.15. The summed E-state index contributed by atoms with van der Waals surface area (Å²) in [7, 11) is 0. The number of rotatable bonds is 5. The van der Waals surface area contributed by atoms with Crippen LogP contribution in [0, 0.1) is 20.8 Å². The van der Waals surface area contributed by atoms with Gasteiger partial charge in [-0.15, -0.1) is 0 Å². The zero-order chi connectivity index (χ0) is 12.1. The minimum Gasteiger partial charge on any atom is -0.481 e. The molecule has 1 heterocycles. The molecule has 1 rings (SSSR count). The Labute approximate surface area is 99.5 Å². The SMILES string of the molecule is Cc1nc(SCCCC(=O)O)nc(C)c1C. The van der Waals surface area contributed by atoms with Crippen LogP contribution >= 0.6 is 11.8 Å². The normalized spacial score (nSPS) is 10.4. The molecule has 0 aliphatic rings. The van der Waals surface area contributed by atoms with Gasteiger partial charge in [0.2, 0.25) is 0 Å². The first-order valence-electron chi connectivity index (χ1n) is 5.17. The zero-order valence-electron chi connectivity index (χ0n) is 9.78. The fourth-order valence-electron chi connectivity index (χ4n) is 1.19. The number of aliphatic carboxylic acids is 1. The van der Waals surface area contributed by atoms with E-state index in [0.29, 0.717) is 6.42 Å². The largest absolute Gasteiger partial charge is 0.481 e. The van der Waals surface area contributed by atoms with Crippen LogP contribution in [-0.4, -0.2) is 26.8 Å². The predicted molar refractivity (Wildman–Crippen MR) is 63.8 cm³/mol. The molecule has 88 valence electrons. The second-order valence-corrected chi connectivity index (χ2v) is 4.71. The third kappa shape index (κ3) is 3.81. The predicted octanol–water partition coefficient (Wildman–Crippen LogP) is 2.36. The molecule has 0 aliphatic carbocycles. The third-order valence-electron chi connectivity index (χ3n) is 2.38. The van der Waals surface area contributed by atoms with E-state index in [9.17, 15) is 4.79 Å². The van der Waals surface area contributed by atoms with E-state index in [4.69, 9.17) is 5.11 Å². The second kappa shape index (κ2) is 5.84. The molecule has 0 aliphatic heterocycles. The standard InChI is InChI=1S/C11H16N2O2S/c1-7-8(2)12-11(13-9(7)3)16-6-4-5-10(14)15/h4-6H2,1-3H3,(H,14,15). The Hall–Kier alpha value is -1.10. The highest BCUT2D eigenvalue weighted by molar-refractivity contribution is 7.99. The van der Waals surface area contributed by atoms with Crippen LogP contribution in [0.2, 0.25) is 0 Å². The highest BCUT2D eigenvalue weighted by Gasteiger charge is 2.05. The summed E-state index contributed by atoms with van der Waals surface area (Å²) in [6.45, 7) is 5.93. The fraction of sp³-hybridized carbons (Fsp3) is 0.545. The summed E-state index contributed by atoms with van der Waals surface area (Å²) < 4.78 is 0. The van der Waals surface area contributed by atoms with E-state index < -0.39 is 5.97 Å². The maximum absolute atomic E-state index is 10.3. The van der Waals surface area contributed by atoms with E-state index in [1.165, 1.54) is 11.8 Å². The van der Waals surface area contributed by atoms with Gasteiger partial charge in [-0.05, 0) is 32.8 Å². The highest BCUT2D eigenvalue weighted by Crippen LogP contribution is 2.18. The van der Waals surface area contributed by atoms with E-state index in [0.717, 1.165) is 27.9 Å². The van der Waals surface area contributed by atoms with Crippen LogP contribution in [0.1, 0.15) is 29.8 Å². The maximum atomic E-state index is 10.3. The Morgan fingerprint density at radius 2 is 1.81 bits per heavy atom. The maximum Gasteiger partial charge on any atom is 0.303 e. The molecule has 0 spiro atoms. The molecule has 0 unspecified atom stereocenters. The van der Waals surface area contributed by atoms with Gasteiger partial charge in [0.1, 0.15) is 0 Å². The van der Waals surface area contributed by atoms with E-state index in [1.54, 1.807) is 0 Å². The summed E-state index contributed by atoms with van der Waals surface area (Å²) >= 11 is 1.51. The first-order chi connectivity index (χ1) is 7.50. The van der Waals surface area contributed by atoms with Crippen molar-refractivity contribution >= 4 is 17.7 Å². The van der Waals surface area contributed by atoms with Gasteiger partial charge >= 0.3 is 5.97 Å². The van der Waals surface area contributed by atoms with Crippen LogP contribution < -0.4 is 0 Å². The van der Waals surface area contributed by atoms with Crippen molar-refractivity contribution < 1.29 is 9.90 Å². The molecule has 0 bridgehead atoms. The Balaban J connectivity index is 2.52. The molecule has 0 atom stereocenters. The number of carboxylic acid groups (broad SMARTS) is 1. The molecule has 1 aromatic rings. The molecule has 0 radical (unpaired) electrons. The van der Waals surface area contributed by atoms with Gasteiger partial charge in [0.05, 0.1) is 0 Å². The Morgan fingerprint density at radius 1 is 1.25 bits per heavy atom. The molecule has 4 nitrogen and oxygen atoms in total. The summed E-state index contributed by atoms with van der Waals surface area (Å²) in [5.74, 6) is -0.00776. The van der Waals surface area contributed by atoms with Crippen LogP contribution in [0.3, 0.4) is 0 Å². The molecule has 0 aromatic carbocycles. The number of nitrogens with zero attached hydrogens (tertiary/aromatic N) is 2. The number of carboxylic acids is 1. The summed E-state index contributed by atoms with van der Waals surface area (Å²) in [5, 5.41) is 9.24. The van der Waals surface area contributed by atoms with Crippen LogP contribution in [-0.2, 0) is 4.79 Å². The van der Waals surface area contributed by atoms with Crippen molar-refractivity contribution in [3.8, 4) is 0 Å². The lowest BCUT2D eigenvalue weighted by molar-refractivity contribution is -0.137. The number of aromatic nitrogens is 2. The van der Waals surface area contributed by atoms with Gasteiger partial charge in [-0.2, -0.15) is 0 Å². The van der Waals surface area contributed by atoms with Gasteiger partial charge in [0.25, 0.3) is 0 Å². The summed E-state index contributed by atoms with van der Waals surface area (Å²) in [5.41, 5.74) is 3.11. The van der Waals surface area contributed by atoms with Gasteiger partial charge in [-0.3, -0.25) is 4.79 Å². The molecule has 0 saturated heterocycles. The highest BCUT2D eigenvalue weighted by atomic mass is 32.2. The topological polar surface area (TPSA) is 63.1 Å². The molecule has 5 heteroatoms. The van der Waals surface area contributed by atoms with Gasteiger partial charge in [0, 0.05) is 23.6 Å². The molecule has 0 saturated carbocycles. The second-order valence-electron chi connectivity index (χ2n) is 3.65. The van der Waals surface area contributed by atoms with E-state index in [2.05, 4.69) is 9.97 Å². The molecule has 0 amide bonds. The van der Waals surface area contributed by atoms with E-state index in [1.807, 2.05) is 20.8 Å². The monoisotopic (exact) mass is 240 g/mol. The summed E-state index contributed by atoms with van der Waals surface area (Å²) in [6, 6.07) is 0. The van der Waals surface area contributed by atoms with Crippen molar-refractivity contribution in [1.82, 2.24) is 9.97 Å². The summed E-state index contributed by atoms with van der Waals surface area (Å²) in [4.78, 5) is 19.0. The Kier molecular flexibility index (Phi) is 4.73. The van der Waals surface area contributed by atoms with Crippen LogP contribution in [0.25, 0.3) is 0 Å². The number of hydrogen-bond acceptors (Lipinski definition) is 4. The lowest BCUT2D eigenvalue weighted by Crippen LogP contribution is -1.99. The quantitative estimate of drug-likeness (QED) is 0.486. The first kappa shape index (κ1) is 13.0. The summed E-state index contributed by atoms with van der Waals surface area (Å²) in [6.07, 6.45) is 0.853. The molecular formula is C11H16N2O2S. The van der Waals surface area contributed by atoms with Crippen molar-refractivity contribution in [2.24, 2.45) is 0 Å². The Morgan fingerprint density at radius 3 is 2.31 bits per heavy atom. The molecular weight excluding hydrogens is 224 g/mol. The third-order valence-corrected chi connectivity index (χ3v) is 3.31. The van der Waals surface area contributed by atoms with Crippen molar-refractivity contribution in [2.45, 2.75) is 38.8 Å². The van der Waals surface area contributed by atoms with Crippen LogP contribution in [0.15, 0.2) is 5.16 Å². The van der Waals surface area contributed by atoms with Crippen molar-refractivity contribution in [3.05, 3.63) is 17.0 Å². The Bertz CT molecular complexity index is 371. The van der Waals surface area contributed by atoms with Gasteiger partial charge in [-0.25, -0.2) is 9.97 Å². The average molecular weight is 240 g/mol. The van der Waals surface area contributed by atoms with Gasteiger partial charge < -0.3 is 5.11 Å². The van der Waals surface area contributed by atoms with E-state index in [-0.39, 0.29) is 6.42 Å². The molecule has 1 aromatic heterocycles. The minimum atomic E-state index is -0.752. The average Bonchev–Trinajstić information content (AvgIpc) is 2.20. The zero-order valence-corrected chi connectivity index (χ0v) is 10.6. The molecule has 16 heavy (non-hydrogen) atoms. The van der Waals surface area contributed by atoms with Crippen molar-refractivity contribution in [3.63, 3.8) is 0 Å². The molecule has 1 N–H and O–H groups in total. The smallest absolute Gasteiger partial charge is 0.303 e. The van der Waals surface area contributed by atoms with E-state index >= 15 is 0 Å². The van der Waals surface area contributed by atoms with Gasteiger partial charge in [-0.1, -0.05) is 11.8 Å². The van der Waals surface area contributed by atoms with Gasteiger partial charge in [0.15, 0.2) is 5.16 Å². The number of hydrogen-bond donors (Lipinski definition) is 1. The lowest BCUT2D eigenvalue weighted by atomic mass is 10.2. The van der Waals surface area contributed by atoms with Crippen LogP contribution in [0.4, 0.5) is 0 Å². The number of aryl methyl sites for hydroxylation is 2. The molecule has 0 fully saturated rings. The van der Waals surface area contributed by atoms with Crippen LogP contribution in [0.5, 0.6) is 0 Å².